The number of amides is 2. The van der Waals surface area contributed by atoms with Crippen LogP contribution < -0.4 is 19.9 Å². The van der Waals surface area contributed by atoms with Gasteiger partial charge >= 0.3 is 0 Å². The van der Waals surface area contributed by atoms with E-state index in [1.807, 2.05) is 25.1 Å². The van der Waals surface area contributed by atoms with Crippen molar-refractivity contribution in [3.63, 3.8) is 0 Å². The summed E-state index contributed by atoms with van der Waals surface area (Å²) in [5, 5.41) is 4.05. The first-order valence-corrected chi connectivity index (χ1v) is 12.0. The highest BCUT2D eigenvalue weighted by Gasteiger charge is 2.39. The normalized spacial score (nSPS) is 19.4. The fourth-order valence-corrected chi connectivity index (χ4v) is 4.59. The van der Waals surface area contributed by atoms with Crippen LogP contribution in [0.5, 0.6) is 5.75 Å². The van der Waals surface area contributed by atoms with E-state index in [4.69, 9.17) is 16.3 Å². The molecule has 2 aromatic rings. The molecule has 1 N–H and O–H groups in total. The number of hydrogen-bond donors (Lipinski definition) is 1. The third-order valence-corrected chi connectivity index (χ3v) is 6.38. The largest absolute Gasteiger partial charge is 0.494 e. The van der Waals surface area contributed by atoms with Crippen molar-refractivity contribution in [3.05, 3.63) is 53.6 Å². The van der Waals surface area contributed by atoms with Gasteiger partial charge < -0.3 is 15.0 Å². The zero-order chi connectivity index (χ0) is 23.2. The van der Waals surface area contributed by atoms with Crippen LogP contribution in [0.25, 0.3) is 0 Å². The Bertz CT molecular complexity index is 960. The minimum absolute atomic E-state index is 0.168. The molecule has 7 nitrogen and oxygen atoms in total. The Balaban J connectivity index is 1.19. The lowest BCUT2D eigenvalue weighted by molar-refractivity contribution is -0.121. The highest BCUT2D eigenvalue weighted by molar-refractivity contribution is 6.30. The molecule has 2 amide bonds. The Morgan fingerprint density at radius 3 is 2.48 bits per heavy atom. The van der Waals surface area contributed by atoms with Crippen LogP contribution in [0.3, 0.4) is 0 Å². The summed E-state index contributed by atoms with van der Waals surface area (Å²) in [6.07, 6.45) is 1.13. The van der Waals surface area contributed by atoms with Crippen molar-refractivity contribution in [3.8, 4) is 5.75 Å². The van der Waals surface area contributed by atoms with Gasteiger partial charge in [0, 0.05) is 36.9 Å². The summed E-state index contributed by atoms with van der Waals surface area (Å²) >= 11 is 6.11. The van der Waals surface area contributed by atoms with Crippen LogP contribution >= 0.6 is 11.6 Å². The predicted octanol–water partition coefficient (Wildman–Crippen LogP) is 3.17. The molecule has 2 aliphatic heterocycles. The van der Waals surface area contributed by atoms with Gasteiger partial charge in [-0.2, -0.15) is 0 Å². The zero-order valence-electron chi connectivity index (χ0n) is 19.0. The minimum Gasteiger partial charge on any atom is -0.494 e. The van der Waals surface area contributed by atoms with Gasteiger partial charge in [-0.1, -0.05) is 17.7 Å². The highest BCUT2D eigenvalue weighted by atomic mass is 35.5. The molecule has 0 radical (unpaired) electrons. The predicted molar refractivity (Wildman–Crippen MR) is 131 cm³/mol. The molecular weight excluding hydrogens is 440 g/mol. The average molecular weight is 471 g/mol. The molecule has 2 aromatic carbocycles. The van der Waals surface area contributed by atoms with Crippen molar-refractivity contribution >= 4 is 34.8 Å². The molecule has 0 spiro atoms. The highest BCUT2D eigenvalue weighted by Crippen LogP contribution is 2.25. The van der Waals surface area contributed by atoms with Gasteiger partial charge in [0.2, 0.25) is 5.91 Å². The number of nitrogens with one attached hydrogen (secondary N) is 1. The van der Waals surface area contributed by atoms with Gasteiger partial charge in [0.1, 0.15) is 5.75 Å². The Morgan fingerprint density at radius 2 is 1.79 bits per heavy atom. The number of rotatable bonds is 9. The molecule has 2 fully saturated rings. The topological polar surface area (TPSA) is 65.1 Å². The number of halogens is 1. The first-order chi connectivity index (χ1) is 16.0. The summed E-state index contributed by atoms with van der Waals surface area (Å²) in [5.74, 6) is 0.376. The Labute approximate surface area is 200 Å². The lowest BCUT2D eigenvalue weighted by atomic mass is 10.2. The maximum Gasteiger partial charge on any atom is 0.251 e. The van der Waals surface area contributed by atoms with Crippen LogP contribution in [-0.4, -0.2) is 68.6 Å². The average Bonchev–Trinajstić information content (AvgIpc) is 3.11. The number of imide groups is 1. The van der Waals surface area contributed by atoms with Crippen molar-refractivity contribution < 1.29 is 14.3 Å². The van der Waals surface area contributed by atoms with E-state index in [0.29, 0.717) is 18.8 Å². The lowest BCUT2D eigenvalue weighted by Crippen LogP contribution is -2.47. The SMILES string of the molecule is CCOc1ccc(N2C(=O)C[C@@H](NCCCN3CCN(c4cccc(Cl)c4)CC3)C2=O)cc1. The standard InChI is InChI=1S/C25H31ClN4O3/c1-2-33-22-9-7-20(8-10-22)30-24(31)18-23(25(30)32)27-11-4-12-28-13-15-29(16-14-28)21-6-3-5-19(26)17-21/h3,5-10,17,23,27H,2,4,11-16,18H2,1H3/t23-/m1/s1. The molecule has 2 saturated heterocycles. The van der Waals surface area contributed by atoms with Crippen LogP contribution in [0.4, 0.5) is 11.4 Å². The van der Waals surface area contributed by atoms with E-state index < -0.39 is 6.04 Å². The number of anilines is 2. The minimum atomic E-state index is -0.455. The Kier molecular flexibility index (Phi) is 7.85. The molecule has 2 heterocycles. The first kappa shape index (κ1) is 23.5. The number of piperazine rings is 1. The fourth-order valence-electron chi connectivity index (χ4n) is 4.40. The maximum atomic E-state index is 12.8. The molecule has 1 atom stereocenters. The molecule has 176 valence electrons. The van der Waals surface area contributed by atoms with E-state index in [1.165, 1.54) is 10.6 Å². The van der Waals surface area contributed by atoms with Gasteiger partial charge in [-0.15, -0.1) is 0 Å². The molecule has 0 aromatic heterocycles. The Hall–Kier alpha value is -2.61. The van der Waals surface area contributed by atoms with E-state index in [2.05, 4.69) is 21.2 Å². The summed E-state index contributed by atoms with van der Waals surface area (Å²) < 4.78 is 5.43. The molecule has 0 saturated carbocycles. The lowest BCUT2D eigenvalue weighted by Gasteiger charge is -2.36. The van der Waals surface area contributed by atoms with Crippen molar-refractivity contribution in [1.82, 2.24) is 10.2 Å². The molecule has 0 aliphatic carbocycles. The second-order valence-corrected chi connectivity index (χ2v) is 8.80. The monoisotopic (exact) mass is 470 g/mol. The number of benzene rings is 2. The third-order valence-electron chi connectivity index (χ3n) is 6.14. The van der Waals surface area contributed by atoms with Crippen LogP contribution in [0, 0.1) is 0 Å². The van der Waals surface area contributed by atoms with Gasteiger partial charge in [-0.05, 0) is 68.9 Å². The number of hydrogen-bond acceptors (Lipinski definition) is 6. The van der Waals surface area contributed by atoms with E-state index in [-0.39, 0.29) is 18.2 Å². The number of carbonyl (C=O) groups excluding carboxylic acids is 2. The van der Waals surface area contributed by atoms with E-state index in [9.17, 15) is 9.59 Å². The van der Waals surface area contributed by atoms with Crippen molar-refractivity contribution in [1.29, 1.82) is 0 Å². The van der Waals surface area contributed by atoms with Crippen LogP contribution in [0.15, 0.2) is 48.5 Å². The smallest absolute Gasteiger partial charge is 0.251 e. The van der Waals surface area contributed by atoms with Crippen molar-refractivity contribution in [2.24, 2.45) is 0 Å². The summed E-state index contributed by atoms with van der Waals surface area (Å²) in [6, 6.07) is 14.6. The van der Waals surface area contributed by atoms with E-state index >= 15 is 0 Å². The van der Waals surface area contributed by atoms with Gasteiger partial charge in [0.05, 0.1) is 24.8 Å². The Morgan fingerprint density at radius 1 is 1.03 bits per heavy atom. The third kappa shape index (κ3) is 5.85. The number of nitrogens with zero attached hydrogens (tertiary/aromatic N) is 3. The summed E-state index contributed by atoms with van der Waals surface area (Å²) in [6.45, 7) is 8.10. The van der Waals surface area contributed by atoms with Gasteiger partial charge in [0.25, 0.3) is 5.91 Å². The first-order valence-electron chi connectivity index (χ1n) is 11.6. The molecule has 33 heavy (non-hydrogen) atoms. The van der Waals surface area contributed by atoms with Crippen LogP contribution in [0.2, 0.25) is 5.02 Å². The number of carbonyl (C=O) groups is 2. The van der Waals surface area contributed by atoms with Gasteiger partial charge in [0.15, 0.2) is 0 Å². The van der Waals surface area contributed by atoms with Gasteiger partial charge in [-0.25, -0.2) is 4.90 Å². The summed E-state index contributed by atoms with van der Waals surface area (Å²) in [5.41, 5.74) is 1.76. The molecule has 4 rings (SSSR count). The quantitative estimate of drug-likeness (QED) is 0.448. The molecule has 2 aliphatic rings. The van der Waals surface area contributed by atoms with Crippen molar-refractivity contribution in [2.45, 2.75) is 25.8 Å². The molecule has 0 bridgehead atoms. The molecule has 8 heteroatoms. The van der Waals surface area contributed by atoms with Gasteiger partial charge in [-0.3, -0.25) is 14.5 Å². The van der Waals surface area contributed by atoms with Crippen LogP contribution in [-0.2, 0) is 9.59 Å². The summed E-state index contributed by atoms with van der Waals surface area (Å²) in [7, 11) is 0. The number of ether oxygens (including phenoxy) is 1. The maximum absolute atomic E-state index is 12.8. The van der Waals surface area contributed by atoms with E-state index in [0.717, 1.165) is 49.9 Å². The molecular formula is C25H31ClN4O3. The second kappa shape index (κ2) is 11.0. The summed E-state index contributed by atoms with van der Waals surface area (Å²) in [4.78, 5) is 31.4. The van der Waals surface area contributed by atoms with Crippen LogP contribution in [0.1, 0.15) is 19.8 Å². The van der Waals surface area contributed by atoms with E-state index in [1.54, 1.807) is 24.3 Å². The second-order valence-electron chi connectivity index (χ2n) is 8.37. The van der Waals surface area contributed by atoms with Crippen molar-refractivity contribution in [2.75, 3.05) is 55.7 Å². The fraction of sp³-hybridized carbons (Fsp3) is 0.440. The zero-order valence-corrected chi connectivity index (χ0v) is 19.8. The molecule has 0 unspecified atom stereocenters.